The summed E-state index contributed by atoms with van der Waals surface area (Å²) in [6, 6.07) is 11.1. The van der Waals surface area contributed by atoms with Crippen LogP contribution in [0.25, 0.3) is 11.4 Å². The molecule has 0 saturated heterocycles. The Bertz CT molecular complexity index is 574. The summed E-state index contributed by atoms with van der Waals surface area (Å²) in [7, 11) is 1.58. The predicted octanol–water partition coefficient (Wildman–Crippen LogP) is 1.95. The van der Waals surface area contributed by atoms with Gasteiger partial charge in [0.05, 0.1) is 6.54 Å². The smallest absolute Gasteiger partial charge is 0.239 e. The van der Waals surface area contributed by atoms with Gasteiger partial charge in [0.2, 0.25) is 5.91 Å². The average molecular weight is 277 g/mol. The molecule has 1 aromatic heterocycles. The number of carbonyl (C=O) groups excluding carboxylic acids is 1. The molecule has 0 bridgehead atoms. The van der Waals surface area contributed by atoms with Crippen molar-refractivity contribution in [1.82, 2.24) is 15.3 Å². The van der Waals surface area contributed by atoms with Crippen molar-refractivity contribution in [2.45, 2.75) is 0 Å². The molecule has 98 valence electrons. The highest BCUT2D eigenvalue weighted by molar-refractivity contribution is 6.29. The summed E-state index contributed by atoms with van der Waals surface area (Å²) in [5, 5.41) is 5.74. The van der Waals surface area contributed by atoms with Crippen LogP contribution in [0.1, 0.15) is 0 Å². The molecule has 0 saturated carbocycles. The Hall–Kier alpha value is -2.14. The minimum atomic E-state index is -0.129. The number of hydrogen-bond donors (Lipinski definition) is 2. The quantitative estimate of drug-likeness (QED) is 0.838. The van der Waals surface area contributed by atoms with Crippen molar-refractivity contribution in [3.8, 4) is 11.4 Å². The number of anilines is 1. The van der Waals surface area contributed by atoms with E-state index in [0.717, 1.165) is 5.56 Å². The van der Waals surface area contributed by atoms with Crippen LogP contribution in [0.3, 0.4) is 0 Å². The van der Waals surface area contributed by atoms with E-state index in [-0.39, 0.29) is 12.5 Å². The Labute approximate surface area is 116 Å². The predicted molar refractivity (Wildman–Crippen MR) is 75.0 cm³/mol. The fourth-order valence-electron chi connectivity index (χ4n) is 1.48. The summed E-state index contributed by atoms with van der Waals surface area (Å²) < 4.78 is 0. The van der Waals surface area contributed by atoms with Crippen molar-refractivity contribution in [3.05, 3.63) is 41.6 Å². The molecule has 0 atom stereocenters. The van der Waals surface area contributed by atoms with Gasteiger partial charge in [-0.25, -0.2) is 9.97 Å². The number of likely N-dealkylation sites (N-methyl/N-ethyl adjacent to an activating group) is 1. The number of carbonyl (C=O) groups is 1. The van der Waals surface area contributed by atoms with E-state index in [4.69, 9.17) is 11.6 Å². The van der Waals surface area contributed by atoms with Gasteiger partial charge in [-0.2, -0.15) is 0 Å². The number of nitrogens with one attached hydrogen (secondary N) is 2. The van der Waals surface area contributed by atoms with Crippen molar-refractivity contribution in [2.75, 3.05) is 18.9 Å². The Kier molecular flexibility index (Phi) is 4.30. The van der Waals surface area contributed by atoms with Gasteiger partial charge < -0.3 is 10.6 Å². The average Bonchev–Trinajstić information content (AvgIpc) is 2.45. The molecule has 0 unspecified atom stereocenters. The number of benzene rings is 1. The number of hydrogen-bond acceptors (Lipinski definition) is 4. The largest absolute Gasteiger partial charge is 0.361 e. The van der Waals surface area contributed by atoms with E-state index in [1.165, 1.54) is 0 Å². The third-order valence-corrected chi connectivity index (χ3v) is 2.63. The summed E-state index contributed by atoms with van der Waals surface area (Å²) in [4.78, 5) is 19.7. The molecule has 6 heteroatoms. The molecule has 0 spiro atoms. The van der Waals surface area contributed by atoms with E-state index >= 15 is 0 Å². The normalized spacial score (nSPS) is 10.0. The molecule has 1 heterocycles. The second kappa shape index (κ2) is 6.15. The van der Waals surface area contributed by atoms with Crippen molar-refractivity contribution in [2.24, 2.45) is 0 Å². The third-order valence-electron chi connectivity index (χ3n) is 2.44. The monoisotopic (exact) mass is 276 g/mol. The van der Waals surface area contributed by atoms with Crippen LogP contribution in [0.4, 0.5) is 5.82 Å². The van der Waals surface area contributed by atoms with Crippen LogP contribution in [-0.2, 0) is 4.79 Å². The van der Waals surface area contributed by atoms with Gasteiger partial charge in [0.25, 0.3) is 0 Å². The number of amides is 1. The van der Waals surface area contributed by atoms with Gasteiger partial charge in [0.15, 0.2) is 5.82 Å². The first-order chi connectivity index (χ1) is 9.19. The van der Waals surface area contributed by atoms with E-state index < -0.39 is 0 Å². The summed E-state index contributed by atoms with van der Waals surface area (Å²) in [5.41, 5.74) is 0.869. The van der Waals surface area contributed by atoms with Crippen LogP contribution in [0, 0.1) is 0 Å². The Morgan fingerprint density at radius 3 is 2.68 bits per heavy atom. The lowest BCUT2D eigenvalue weighted by atomic mass is 10.2. The minimum absolute atomic E-state index is 0.129. The van der Waals surface area contributed by atoms with E-state index in [1.807, 2.05) is 30.3 Å². The first kappa shape index (κ1) is 13.3. The van der Waals surface area contributed by atoms with E-state index in [9.17, 15) is 4.79 Å². The van der Waals surface area contributed by atoms with Crippen molar-refractivity contribution in [1.29, 1.82) is 0 Å². The second-order valence-corrected chi connectivity index (χ2v) is 4.18. The van der Waals surface area contributed by atoms with Crippen LogP contribution < -0.4 is 10.6 Å². The minimum Gasteiger partial charge on any atom is -0.361 e. The Balaban J connectivity index is 2.22. The highest BCUT2D eigenvalue weighted by atomic mass is 35.5. The number of aromatic nitrogens is 2. The second-order valence-electron chi connectivity index (χ2n) is 3.79. The fraction of sp³-hybridized carbons (Fsp3) is 0.154. The summed E-state index contributed by atoms with van der Waals surface area (Å²) in [6.45, 7) is 0.137. The Morgan fingerprint density at radius 2 is 2.00 bits per heavy atom. The molecule has 1 aromatic carbocycles. The van der Waals surface area contributed by atoms with E-state index in [1.54, 1.807) is 13.1 Å². The summed E-state index contributed by atoms with van der Waals surface area (Å²) in [5.74, 6) is 0.908. The first-order valence-electron chi connectivity index (χ1n) is 5.73. The van der Waals surface area contributed by atoms with Crippen molar-refractivity contribution < 1.29 is 4.79 Å². The molecule has 2 aromatic rings. The number of halogens is 1. The standard InChI is InChI=1S/C13H13ClN4O/c1-15-12(19)8-16-11-7-10(14)17-13(18-11)9-5-3-2-4-6-9/h2-7H,8H2,1H3,(H,15,19)(H,16,17,18). The fourth-order valence-corrected chi connectivity index (χ4v) is 1.67. The van der Waals surface area contributed by atoms with E-state index in [0.29, 0.717) is 16.8 Å². The molecule has 2 N–H and O–H groups in total. The lowest BCUT2D eigenvalue weighted by Gasteiger charge is -2.07. The molecule has 5 nitrogen and oxygen atoms in total. The number of nitrogens with zero attached hydrogens (tertiary/aromatic N) is 2. The van der Waals surface area contributed by atoms with Gasteiger partial charge in [0.1, 0.15) is 11.0 Å². The van der Waals surface area contributed by atoms with E-state index in [2.05, 4.69) is 20.6 Å². The molecular formula is C13H13ClN4O. The van der Waals surface area contributed by atoms with Crippen molar-refractivity contribution in [3.63, 3.8) is 0 Å². The zero-order valence-corrected chi connectivity index (χ0v) is 11.1. The Morgan fingerprint density at radius 1 is 1.26 bits per heavy atom. The van der Waals surface area contributed by atoms with Gasteiger partial charge in [-0.1, -0.05) is 41.9 Å². The van der Waals surface area contributed by atoms with Gasteiger partial charge >= 0.3 is 0 Å². The van der Waals surface area contributed by atoms with Gasteiger partial charge in [0, 0.05) is 18.7 Å². The van der Waals surface area contributed by atoms with Crippen LogP contribution in [0.5, 0.6) is 0 Å². The molecule has 1 amide bonds. The molecule has 0 fully saturated rings. The van der Waals surface area contributed by atoms with Crippen LogP contribution in [0.15, 0.2) is 36.4 Å². The third kappa shape index (κ3) is 3.66. The highest BCUT2D eigenvalue weighted by Gasteiger charge is 2.06. The number of rotatable bonds is 4. The van der Waals surface area contributed by atoms with Crippen molar-refractivity contribution >= 4 is 23.3 Å². The van der Waals surface area contributed by atoms with Gasteiger partial charge in [-0.05, 0) is 0 Å². The lowest BCUT2D eigenvalue weighted by molar-refractivity contribution is -0.118. The van der Waals surface area contributed by atoms with Crippen LogP contribution in [0.2, 0.25) is 5.15 Å². The summed E-state index contributed by atoms with van der Waals surface area (Å²) >= 11 is 5.96. The molecule has 0 aliphatic rings. The molecular weight excluding hydrogens is 264 g/mol. The maximum atomic E-state index is 11.2. The SMILES string of the molecule is CNC(=O)CNc1cc(Cl)nc(-c2ccccc2)n1. The molecule has 0 aliphatic carbocycles. The molecule has 0 aliphatic heterocycles. The zero-order valence-electron chi connectivity index (χ0n) is 10.4. The maximum absolute atomic E-state index is 11.2. The molecule has 0 radical (unpaired) electrons. The topological polar surface area (TPSA) is 66.9 Å². The van der Waals surface area contributed by atoms with Crippen LogP contribution in [-0.4, -0.2) is 29.5 Å². The maximum Gasteiger partial charge on any atom is 0.239 e. The summed E-state index contributed by atoms with van der Waals surface area (Å²) in [6.07, 6.45) is 0. The van der Waals surface area contributed by atoms with Crippen LogP contribution >= 0.6 is 11.6 Å². The van der Waals surface area contributed by atoms with Gasteiger partial charge in [-0.15, -0.1) is 0 Å². The first-order valence-corrected chi connectivity index (χ1v) is 6.11. The zero-order chi connectivity index (χ0) is 13.7. The lowest BCUT2D eigenvalue weighted by Crippen LogP contribution is -2.26. The molecule has 2 rings (SSSR count). The van der Waals surface area contributed by atoms with Gasteiger partial charge in [-0.3, -0.25) is 4.79 Å². The molecule has 19 heavy (non-hydrogen) atoms. The highest BCUT2D eigenvalue weighted by Crippen LogP contribution is 2.19.